The molecule has 5 heteroatoms. The second-order valence-electron chi connectivity index (χ2n) is 3.54. The summed E-state index contributed by atoms with van der Waals surface area (Å²) >= 11 is 0. The van der Waals surface area contributed by atoms with E-state index in [1.54, 1.807) is 0 Å². The van der Waals surface area contributed by atoms with Crippen molar-refractivity contribution in [1.82, 2.24) is 15.4 Å². The Bertz CT molecular complexity index is 159. The van der Waals surface area contributed by atoms with Crippen LogP contribution in [0.3, 0.4) is 0 Å². The Morgan fingerprint density at radius 3 is 2.67 bits per heavy atom. The van der Waals surface area contributed by atoms with Crippen molar-refractivity contribution in [2.24, 2.45) is 5.84 Å². The van der Waals surface area contributed by atoms with Crippen molar-refractivity contribution in [2.75, 3.05) is 26.2 Å². The minimum atomic E-state index is -0.632. The minimum absolute atomic E-state index is 0.448. The number of halogens is 1. The zero-order valence-electron chi connectivity index (χ0n) is 7.04. The summed E-state index contributed by atoms with van der Waals surface area (Å²) in [6.07, 6.45) is 0.518. The maximum Gasteiger partial charge on any atom is 0.128 e. The zero-order valence-corrected chi connectivity index (χ0v) is 7.04. The third kappa shape index (κ3) is 1.59. The van der Waals surface area contributed by atoms with Crippen LogP contribution in [0.25, 0.3) is 0 Å². The van der Waals surface area contributed by atoms with Crippen LogP contribution in [0, 0.1) is 0 Å². The van der Waals surface area contributed by atoms with Crippen molar-refractivity contribution in [3.05, 3.63) is 0 Å². The molecule has 2 fully saturated rings. The number of nitrogens with one attached hydrogen (secondary N) is 1. The molecular weight excluding hydrogens is 159 g/mol. The molecule has 2 aliphatic rings. The molecule has 0 aromatic rings. The molecule has 0 amide bonds. The molecule has 2 saturated heterocycles. The van der Waals surface area contributed by atoms with Crippen molar-refractivity contribution < 1.29 is 4.39 Å². The molecule has 0 aromatic carbocycles. The van der Waals surface area contributed by atoms with Gasteiger partial charge in [0.05, 0.1) is 0 Å². The lowest BCUT2D eigenvalue weighted by Crippen LogP contribution is -2.62. The molecule has 0 bridgehead atoms. The summed E-state index contributed by atoms with van der Waals surface area (Å²) < 4.78 is 12.3. The van der Waals surface area contributed by atoms with Crippen LogP contribution in [0.1, 0.15) is 6.42 Å². The average Bonchev–Trinajstić information content (AvgIpc) is 1.98. The van der Waals surface area contributed by atoms with Gasteiger partial charge in [0.15, 0.2) is 0 Å². The van der Waals surface area contributed by atoms with Crippen molar-refractivity contribution in [3.63, 3.8) is 0 Å². The van der Waals surface area contributed by atoms with Crippen molar-refractivity contribution >= 4 is 0 Å². The first-order valence-electron chi connectivity index (χ1n) is 4.39. The predicted molar refractivity (Wildman–Crippen MR) is 43.8 cm³/mol. The number of rotatable bonds is 3. The van der Waals surface area contributed by atoms with E-state index in [0.29, 0.717) is 19.1 Å². The molecule has 0 aromatic heterocycles. The van der Waals surface area contributed by atoms with Crippen LogP contribution >= 0.6 is 0 Å². The summed E-state index contributed by atoms with van der Waals surface area (Å²) in [5, 5.41) is 3.72. The van der Waals surface area contributed by atoms with Gasteiger partial charge in [-0.05, 0) is 6.42 Å². The summed E-state index contributed by atoms with van der Waals surface area (Å²) in [5.41, 5.74) is 3.15. The van der Waals surface area contributed by atoms with Gasteiger partial charge in [0.25, 0.3) is 0 Å². The van der Waals surface area contributed by atoms with Gasteiger partial charge in [-0.15, -0.1) is 0 Å². The second-order valence-corrected chi connectivity index (χ2v) is 3.54. The van der Waals surface area contributed by atoms with E-state index in [4.69, 9.17) is 5.84 Å². The monoisotopic (exact) mass is 174 g/mol. The Hall–Kier alpha value is -0.230. The van der Waals surface area contributed by atoms with Crippen molar-refractivity contribution in [1.29, 1.82) is 0 Å². The first-order chi connectivity index (χ1) is 5.75. The van der Waals surface area contributed by atoms with Gasteiger partial charge < -0.3 is 0 Å². The second kappa shape index (κ2) is 3.26. The van der Waals surface area contributed by atoms with E-state index >= 15 is 0 Å². The number of nitrogens with zero attached hydrogens (tertiary/aromatic N) is 2. The topological polar surface area (TPSA) is 44.5 Å². The van der Waals surface area contributed by atoms with E-state index in [1.165, 1.54) is 0 Å². The van der Waals surface area contributed by atoms with E-state index in [1.807, 2.05) is 10.0 Å². The van der Waals surface area contributed by atoms with E-state index in [-0.39, 0.29) is 0 Å². The van der Waals surface area contributed by atoms with Crippen LogP contribution in [0.2, 0.25) is 0 Å². The summed E-state index contributed by atoms with van der Waals surface area (Å²) in [6.45, 7) is 2.88. The summed E-state index contributed by atoms with van der Waals surface area (Å²) in [4.78, 5) is 0. The van der Waals surface area contributed by atoms with Gasteiger partial charge in [0, 0.05) is 32.2 Å². The van der Waals surface area contributed by atoms with Gasteiger partial charge in [-0.25, -0.2) is 14.4 Å². The van der Waals surface area contributed by atoms with Gasteiger partial charge in [0.2, 0.25) is 0 Å². The van der Waals surface area contributed by atoms with E-state index in [0.717, 1.165) is 19.5 Å². The van der Waals surface area contributed by atoms with Crippen LogP contribution in [-0.4, -0.2) is 48.4 Å². The summed E-state index contributed by atoms with van der Waals surface area (Å²) in [5.74, 6) is 5.60. The molecule has 3 N–H and O–H groups in total. The average molecular weight is 174 g/mol. The quantitative estimate of drug-likeness (QED) is 0.544. The Labute approximate surface area is 71.4 Å². The minimum Gasteiger partial charge on any atom is -0.268 e. The molecule has 2 rings (SSSR count). The van der Waals surface area contributed by atoms with Crippen LogP contribution in [-0.2, 0) is 0 Å². The molecule has 0 aliphatic carbocycles. The highest BCUT2D eigenvalue weighted by Crippen LogP contribution is 2.12. The number of hydrogen-bond acceptors (Lipinski definition) is 4. The van der Waals surface area contributed by atoms with Gasteiger partial charge in [-0.1, -0.05) is 0 Å². The van der Waals surface area contributed by atoms with Crippen LogP contribution in [0.5, 0.6) is 0 Å². The Kier molecular flexibility index (Phi) is 2.27. The molecule has 2 heterocycles. The van der Waals surface area contributed by atoms with E-state index < -0.39 is 6.17 Å². The highest BCUT2D eigenvalue weighted by molar-refractivity contribution is 4.82. The molecular formula is C7H15FN4. The van der Waals surface area contributed by atoms with E-state index in [9.17, 15) is 4.39 Å². The summed E-state index contributed by atoms with van der Waals surface area (Å²) in [6, 6.07) is 0.448. The standard InChI is InChI=1S/C7H15FN4/c8-6-4-11(5-6)10-3-7-1-2-12(7)9/h6-7,10H,1-5,9H2. The lowest BCUT2D eigenvalue weighted by atomic mass is 10.1. The molecule has 0 spiro atoms. The number of alkyl halides is 1. The predicted octanol–water partition coefficient (Wildman–Crippen LogP) is -0.907. The number of hydrogen-bond donors (Lipinski definition) is 2. The Morgan fingerprint density at radius 1 is 1.50 bits per heavy atom. The van der Waals surface area contributed by atoms with Gasteiger partial charge in [-0.3, -0.25) is 11.3 Å². The van der Waals surface area contributed by atoms with Crippen LogP contribution in [0.15, 0.2) is 0 Å². The van der Waals surface area contributed by atoms with Crippen molar-refractivity contribution in [3.8, 4) is 0 Å². The van der Waals surface area contributed by atoms with Gasteiger partial charge in [0.1, 0.15) is 6.17 Å². The molecule has 0 radical (unpaired) electrons. The lowest BCUT2D eigenvalue weighted by molar-refractivity contribution is -0.00255. The first kappa shape index (κ1) is 8.37. The normalized spacial score (nSPS) is 33.0. The van der Waals surface area contributed by atoms with Gasteiger partial charge >= 0.3 is 0 Å². The largest absolute Gasteiger partial charge is 0.268 e. The first-order valence-corrected chi connectivity index (χ1v) is 4.39. The van der Waals surface area contributed by atoms with E-state index in [2.05, 4.69) is 5.43 Å². The highest BCUT2D eigenvalue weighted by atomic mass is 19.1. The smallest absolute Gasteiger partial charge is 0.128 e. The third-order valence-corrected chi connectivity index (χ3v) is 2.58. The fourth-order valence-electron chi connectivity index (χ4n) is 1.47. The van der Waals surface area contributed by atoms with Gasteiger partial charge in [-0.2, -0.15) is 0 Å². The lowest BCUT2D eigenvalue weighted by Gasteiger charge is -2.41. The Balaban J connectivity index is 1.57. The molecule has 2 aliphatic heterocycles. The zero-order chi connectivity index (χ0) is 8.55. The highest BCUT2D eigenvalue weighted by Gasteiger charge is 2.29. The summed E-state index contributed by atoms with van der Waals surface area (Å²) in [7, 11) is 0. The Morgan fingerprint density at radius 2 is 2.25 bits per heavy atom. The fraction of sp³-hybridized carbons (Fsp3) is 1.00. The molecule has 1 atom stereocenters. The van der Waals surface area contributed by atoms with Crippen LogP contribution < -0.4 is 11.3 Å². The number of nitrogens with two attached hydrogens (primary N) is 1. The van der Waals surface area contributed by atoms with Crippen LogP contribution in [0.4, 0.5) is 4.39 Å². The third-order valence-electron chi connectivity index (χ3n) is 2.58. The van der Waals surface area contributed by atoms with Crippen molar-refractivity contribution in [2.45, 2.75) is 18.6 Å². The fourth-order valence-corrected chi connectivity index (χ4v) is 1.47. The number of hydrazine groups is 2. The maximum absolute atomic E-state index is 12.3. The molecule has 1 unspecified atom stereocenters. The molecule has 70 valence electrons. The molecule has 12 heavy (non-hydrogen) atoms. The molecule has 0 saturated carbocycles. The SMILES string of the molecule is NN1CCC1CNN1CC(F)C1. The maximum atomic E-state index is 12.3. The molecule has 4 nitrogen and oxygen atoms in total.